The third-order valence-corrected chi connectivity index (χ3v) is 3.81. The van der Waals surface area contributed by atoms with Crippen LogP contribution in [-0.2, 0) is 5.60 Å². The van der Waals surface area contributed by atoms with E-state index in [9.17, 15) is 5.11 Å². The van der Waals surface area contributed by atoms with Gasteiger partial charge in [0.15, 0.2) is 5.96 Å². The first-order chi connectivity index (χ1) is 10.1. The highest BCUT2D eigenvalue weighted by Gasteiger charge is 2.26. The minimum atomic E-state index is -1.06. The van der Waals surface area contributed by atoms with Gasteiger partial charge < -0.3 is 20.2 Å². The zero-order valence-electron chi connectivity index (χ0n) is 12.8. The Morgan fingerprint density at radius 2 is 2.33 bits per heavy atom. The molecule has 0 saturated carbocycles. The van der Waals surface area contributed by atoms with Crippen molar-refractivity contribution >= 4 is 5.96 Å². The Morgan fingerprint density at radius 1 is 1.48 bits per heavy atom. The number of rotatable bonds is 5. The standard InChI is InChI=1S/C16H25N3O2/c1-16(20,14-9-6-10-21-14)12-19-15(17-2)18-11-13-7-4-3-5-8-13/h3-4,6,9-10,13,20H,5,7-8,11-12H2,1-2H3,(H2,17,18,19). The summed E-state index contributed by atoms with van der Waals surface area (Å²) in [5.74, 6) is 1.90. The maximum Gasteiger partial charge on any atom is 0.191 e. The monoisotopic (exact) mass is 291 g/mol. The van der Waals surface area contributed by atoms with Crippen molar-refractivity contribution in [3.63, 3.8) is 0 Å². The summed E-state index contributed by atoms with van der Waals surface area (Å²) in [5, 5.41) is 16.9. The molecule has 0 radical (unpaired) electrons. The lowest BCUT2D eigenvalue weighted by atomic mass is 9.94. The van der Waals surface area contributed by atoms with E-state index in [0.29, 0.717) is 24.2 Å². The normalized spacial score (nSPS) is 21.9. The van der Waals surface area contributed by atoms with Crippen LogP contribution in [0.15, 0.2) is 40.0 Å². The summed E-state index contributed by atoms with van der Waals surface area (Å²) in [6.45, 7) is 2.95. The first-order valence-electron chi connectivity index (χ1n) is 7.47. The van der Waals surface area contributed by atoms with Crippen molar-refractivity contribution in [1.29, 1.82) is 0 Å². The van der Waals surface area contributed by atoms with Crippen LogP contribution in [0.2, 0.25) is 0 Å². The summed E-state index contributed by atoms with van der Waals surface area (Å²) in [7, 11) is 1.73. The zero-order valence-corrected chi connectivity index (χ0v) is 12.8. The molecule has 1 aliphatic rings. The van der Waals surface area contributed by atoms with E-state index in [1.54, 1.807) is 32.4 Å². The number of furan rings is 1. The predicted octanol–water partition coefficient (Wildman–Crippen LogP) is 2.01. The average molecular weight is 291 g/mol. The molecule has 3 N–H and O–H groups in total. The lowest BCUT2D eigenvalue weighted by Crippen LogP contribution is -2.45. The summed E-state index contributed by atoms with van der Waals surface area (Å²) in [5.41, 5.74) is -1.06. The van der Waals surface area contributed by atoms with Gasteiger partial charge in [0.25, 0.3) is 0 Å². The quantitative estimate of drug-likeness (QED) is 0.441. The van der Waals surface area contributed by atoms with Gasteiger partial charge in [-0.2, -0.15) is 0 Å². The fourth-order valence-electron chi connectivity index (χ4n) is 2.43. The van der Waals surface area contributed by atoms with Crippen LogP contribution in [0.3, 0.4) is 0 Å². The van der Waals surface area contributed by atoms with Crippen molar-refractivity contribution in [3.05, 3.63) is 36.3 Å². The third kappa shape index (κ3) is 4.63. The number of hydrogen-bond donors (Lipinski definition) is 3. The summed E-state index contributed by atoms with van der Waals surface area (Å²) in [6, 6.07) is 3.54. The van der Waals surface area contributed by atoms with Gasteiger partial charge in [-0.15, -0.1) is 0 Å². The van der Waals surface area contributed by atoms with Crippen molar-refractivity contribution in [1.82, 2.24) is 10.6 Å². The highest BCUT2D eigenvalue weighted by atomic mass is 16.4. The molecule has 1 aliphatic carbocycles. The molecule has 2 atom stereocenters. The van der Waals surface area contributed by atoms with Gasteiger partial charge in [-0.3, -0.25) is 4.99 Å². The molecule has 1 aromatic heterocycles. The topological polar surface area (TPSA) is 69.8 Å². The Labute approximate surface area is 126 Å². The van der Waals surface area contributed by atoms with E-state index in [2.05, 4.69) is 27.8 Å². The zero-order chi connectivity index (χ0) is 15.1. The smallest absolute Gasteiger partial charge is 0.191 e. The van der Waals surface area contributed by atoms with Crippen LogP contribution >= 0.6 is 0 Å². The van der Waals surface area contributed by atoms with E-state index in [1.165, 1.54) is 6.42 Å². The molecule has 0 amide bonds. The minimum Gasteiger partial charge on any atom is -0.466 e. The first-order valence-corrected chi connectivity index (χ1v) is 7.47. The molecule has 5 heteroatoms. The van der Waals surface area contributed by atoms with E-state index < -0.39 is 5.60 Å². The van der Waals surface area contributed by atoms with E-state index in [-0.39, 0.29) is 0 Å². The Kier molecular flexibility index (Phi) is 5.44. The molecule has 1 heterocycles. The third-order valence-electron chi connectivity index (χ3n) is 3.81. The van der Waals surface area contributed by atoms with Gasteiger partial charge in [-0.25, -0.2) is 0 Å². The SMILES string of the molecule is CN=C(NCC1CC=CCC1)NCC(C)(O)c1ccco1. The lowest BCUT2D eigenvalue weighted by molar-refractivity contribution is 0.0386. The van der Waals surface area contributed by atoms with Gasteiger partial charge in [0.1, 0.15) is 11.4 Å². The Morgan fingerprint density at radius 3 is 2.95 bits per heavy atom. The second-order valence-electron chi connectivity index (χ2n) is 5.71. The van der Waals surface area contributed by atoms with Crippen LogP contribution in [0, 0.1) is 5.92 Å². The second-order valence-corrected chi connectivity index (χ2v) is 5.71. The molecular formula is C16H25N3O2. The molecule has 0 aromatic carbocycles. The molecule has 5 nitrogen and oxygen atoms in total. The van der Waals surface area contributed by atoms with Gasteiger partial charge in [-0.05, 0) is 44.2 Å². The maximum absolute atomic E-state index is 10.4. The molecular weight excluding hydrogens is 266 g/mol. The van der Waals surface area contributed by atoms with Gasteiger partial charge in [-0.1, -0.05) is 12.2 Å². The minimum absolute atomic E-state index is 0.338. The summed E-state index contributed by atoms with van der Waals surface area (Å²) < 4.78 is 5.26. The fraction of sp³-hybridized carbons (Fsp3) is 0.562. The summed E-state index contributed by atoms with van der Waals surface area (Å²) in [4.78, 5) is 4.19. The van der Waals surface area contributed by atoms with Crippen LogP contribution in [0.4, 0.5) is 0 Å². The van der Waals surface area contributed by atoms with Crippen LogP contribution < -0.4 is 10.6 Å². The van der Waals surface area contributed by atoms with Gasteiger partial charge in [0.2, 0.25) is 0 Å². The molecule has 0 bridgehead atoms. The molecule has 21 heavy (non-hydrogen) atoms. The van der Waals surface area contributed by atoms with Crippen LogP contribution in [0.25, 0.3) is 0 Å². The van der Waals surface area contributed by atoms with Gasteiger partial charge in [0, 0.05) is 13.6 Å². The summed E-state index contributed by atoms with van der Waals surface area (Å²) >= 11 is 0. The van der Waals surface area contributed by atoms with E-state index >= 15 is 0 Å². The van der Waals surface area contributed by atoms with Crippen molar-refractivity contribution in [2.45, 2.75) is 31.8 Å². The number of hydrogen-bond acceptors (Lipinski definition) is 3. The highest BCUT2D eigenvalue weighted by Crippen LogP contribution is 2.20. The number of nitrogens with zero attached hydrogens (tertiary/aromatic N) is 1. The second kappa shape index (κ2) is 7.31. The van der Waals surface area contributed by atoms with Gasteiger partial charge >= 0.3 is 0 Å². The van der Waals surface area contributed by atoms with Crippen molar-refractivity contribution in [2.24, 2.45) is 10.9 Å². The van der Waals surface area contributed by atoms with E-state index in [1.807, 2.05) is 0 Å². The fourth-order valence-corrected chi connectivity index (χ4v) is 2.43. The number of guanidine groups is 1. The number of aliphatic imine (C=N–C) groups is 1. The van der Waals surface area contributed by atoms with E-state index in [4.69, 9.17) is 4.42 Å². The molecule has 0 saturated heterocycles. The van der Waals surface area contributed by atoms with Crippen molar-refractivity contribution in [2.75, 3.05) is 20.1 Å². The van der Waals surface area contributed by atoms with Crippen molar-refractivity contribution in [3.8, 4) is 0 Å². The Balaban J connectivity index is 1.78. The summed E-state index contributed by atoms with van der Waals surface area (Å²) in [6.07, 6.45) is 9.54. The molecule has 0 aliphatic heterocycles. The van der Waals surface area contributed by atoms with Gasteiger partial charge in [0.05, 0.1) is 12.8 Å². The lowest BCUT2D eigenvalue weighted by Gasteiger charge is -2.24. The van der Waals surface area contributed by atoms with E-state index in [0.717, 1.165) is 19.4 Å². The molecule has 2 rings (SSSR count). The van der Waals surface area contributed by atoms with Crippen molar-refractivity contribution < 1.29 is 9.52 Å². The first kappa shape index (κ1) is 15.6. The predicted molar refractivity (Wildman–Crippen MR) is 84.1 cm³/mol. The largest absolute Gasteiger partial charge is 0.466 e. The van der Waals surface area contributed by atoms with Crippen LogP contribution in [0.5, 0.6) is 0 Å². The average Bonchev–Trinajstić information content (AvgIpc) is 3.03. The Bertz CT molecular complexity index is 478. The number of nitrogens with one attached hydrogen (secondary N) is 2. The Hall–Kier alpha value is -1.75. The highest BCUT2D eigenvalue weighted by molar-refractivity contribution is 5.79. The van der Waals surface area contributed by atoms with Crippen LogP contribution in [0.1, 0.15) is 31.9 Å². The molecule has 116 valence electrons. The number of allylic oxidation sites excluding steroid dienone is 2. The molecule has 1 aromatic rings. The molecule has 0 fully saturated rings. The molecule has 2 unspecified atom stereocenters. The number of aliphatic hydroxyl groups is 1. The maximum atomic E-state index is 10.4. The van der Waals surface area contributed by atoms with Crippen LogP contribution in [-0.4, -0.2) is 31.2 Å². The molecule has 0 spiro atoms.